The van der Waals surface area contributed by atoms with E-state index in [1.165, 1.54) is 24.3 Å². The highest BCUT2D eigenvalue weighted by atomic mass is 16.6. The van der Waals surface area contributed by atoms with Gasteiger partial charge in [-0.05, 0) is 17.7 Å². The number of anilines is 1. The van der Waals surface area contributed by atoms with E-state index in [0.29, 0.717) is 5.56 Å². The van der Waals surface area contributed by atoms with Crippen molar-refractivity contribution >= 4 is 23.4 Å². The van der Waals surface area contributed by atoms with Crippen LogP contribution < -0.4 is 5.73 Å². The first-order chi connectivity index (χ1) is 7.00. The summed E-state index contributed by atoms with van der Waals surface area (Å²) in [5.74, 6) is -1.12. The van der Waals surface area contributed by atoms with E-state index in [-0.39, 0.29) is 11.4 Å². The van der Waals surface area contributed by atoms with E-state index in [2.05, 4.69) is 0 Å². The van der Waals surface area contributed by atoms with E-state index >= 15 is 0 Å². The van der Waals surface area contributed by atoms with E-state index in [0.717, 1.165) is 6.08 Å². The summed E-state index contributed by atoms with van der Waals surface area (Å²) in [6.45, 7) is 0. The number of nitrogens with zero attached hydrogens (tertiary/aromatic N) is 1. The molecule has 0 fully saturated rings. The standard InChI is InChI=1S/C9H8N2O4/c10-7-3-1-6(2-4-9(12)13)5-8(7)11(14)15/h1-5H,10H2,(H,12,13). The predicted molar refractivity (Wildman–Crippen MR) is 54.2 cm³/mol. The third-order valence-electron chi connectivity index (χ3n) is 1.67. The van der Waals surface area contributed by atoms with Gasteiger partial charge in [-0.25, -0.2) is 4.79 Å². The zero-order valence-corrected chi connectivity index (χ0v) is 7.58. The molecule has 1 aromatic rings. The van der Waals surface area contributed by atoms with Crippen LogP contribution in [0.2, 0.25) is 0 Å². The number of rotatable bonds is 3. The fourth-order valence-corrected chi connectivity index (χ4v) is 0.990. The van der Waals surface area contributed by atoms with Crippen LogP contribution in [0.25, 0.3) is 6.08 Å². The first kappa shape index (κ1) is 10.7. The molecule has 0 saturated carbocycles. The minimum absolute atomic E-state index is 0.0486. The Morgan fingerprint density at radius 2 is 2.20 bits per heavy atom. The number of carbonyl (C=O) groups is 1. The van der Waals surface area contributed by atoms with Gasteiger partial charge in [-0.2, -0.15) is 0 Å². The van der Waals surface area contributed by atoms with Gasteiger partial charge in [0.1, 0.15) is 5.69 Å². The highest BCUT2D eigenvalue weighted by Crippen LogP contribution is 2.22. The smallest absolute Gasteiger partial charge is 0.328 e. The lowest BCUT2D eigenvalue weighted by molar-refractivity contribution is -0.383. The second-order valence-electron chi connectivity index (χ2n) is 2.75. The third-order valence-corrected chi connectivity index (χ3v) is 1.67. The van der Waals surface area contributed by atoms with Crippen LogP contribution in [0.3, 0.4) is 0 Å². The number of benzene rings is 1. The Hall–Kier alpha value is -2.37. The topological polar surface area (TPSA) is 106 Å². The molecule has 78 valence electrons. The molecule has 0 heterocycles. The van der Waals surface area contributed by atoms with Gasteiger partial charge in [0.2, 0.25) is 0 Å². The summed E-state index contributed by atoms with van der Waals surface area (Å²) in [6.07, 6.45) is 2.16. The first-order valence-electron chi connectivity index (χ1n) is 3.95. The van der Waals surface area contributed by atoms with Gasteiger partial charge in [-0.1, -0.05) is 6.07 Å². The summed E-state index contributed by atoms with van der Waals surface area (Å²) in [5, 5.41) is 18.9. The third kappa shape index (κ3) is 2.80. The molecule has 6 heteroatoms. The van der Waals surface area contributed by atoms with Gasteiger partial charge in [0.15, 0.2) is 0 Å². The van der Waals surface area contributed by atoms with Crippen LogP contribution in [0.15, 0.2) is 24.3 Å². The summed E-state index contributed by atoms with van der Waals surface area (Å²) >= 11 is 0. The molecule has 0 bridgehead atoms. The van der Waals surface area contributed by atoms with Crippen molar-refractivity contribution in [3.63, 3.8) is 0 Å². The Balaban J connectivity index is 3.08. The molecule has 0 aliphatic heterocycles. The van der Waals surface area contributed by atoms with Crippen molar-refractivity contribution in [2.75, 3.05) is 5.73 Å². The SMILES string of the molecule is Nc1ccc(C=CC(=O)O)cc1[N+](=O)[O-]. The molecule has 15 heavy (non-hydrogen) atoms. The van der Waals surface area contributed by atoms with Crippen LogP contribution in [0.4, 0.5) is 11.4 Å². The monoisotopic (exact) mass is 208 g/mol. The van der Waals surface area contributed by atoms with Crippen molar-refractivity contribution < 1.29 is 14.8 Å². The van der Waals surface area contributed by atoms with Crippen LogP contribution in [0.1, 0.15) is 5.56 Å². The van der Waals surface area contributed by atoms with Crippen molar-refractivity contribution in [1.29, 1.82) is 0 Å². The van der Waals surface area contributed by atoms with Gasteiger partial charge in [0.25, 0.3) is 5.69 Å². The second kappa shape index (κ2) is 4.23. The number of hydrogen-bond donors (Lipinski definition) is 2. The normalized spacial score (nSPS) is 10.4. The molecule has 0 unspecified atom stereocenters. The number of nitrogens with two attached hydrogens (primary N) is 1. The van der Waals surface area contributed by atoms with Gasteiger partial charge in [-0.3, -0.25) is 10.1 Å². The average Bonchev–Trinajstić information content (AvgIpc) is 2.16. The quantitative estimate of drug-likeness (QED) is 0.336. The van der Waals surface area contributed by atoms with Crippen LogP contribution in [-0.2, 0) is 4.79 Å². The molecule has 0 atom stereocenters. The Morgan fingerprint density at radius 1 is 1.53 bits per heavy atom. The Labute approximate surface area is 84.8 Å². The van der Waals surface area contributed by atoms with Gasteiger partial charge >= 0.3 is 5.97 Å². The lowest BCUT2D eigenvalue weighted by Gasteiger charge is -1.97. The first-order valence-corrected chi connectivity index (χ1v) is 3.95. The van der Waals surface area contributed by atoms with E-state index in [4.69, 9.17) is 10.8 Å². The highest BCUT2D eigenvalue weighted by Gasteiger charge is 2.10. The molecule has 0 amide bonds. The molecular weight excluding hydrogens is 200 g/mol. The molecule has 0 aromatic heterocycles. The van der Waals surface area contributed by atoms with Crippen molar-refractivity contribution in [1.82, 2.24) is 0 Å². The Kier molecular flexibility index (Phi) is 3.02. The van der Waals surface area contributed by atoms with Crippen LogP contribution >= 0.6 is 0 Å². The fraction of sp³-hybridized carbons (Fsp3) is 0. The van der Waals surface area contributed by atoms with E-state index in [1.807, 2.05) is 0 Å². The molecule has 1 rings (SSSR count). The van der Waals surface area contributed by atoms with Crippen molar-refractivity contribution in [3.05, 3.63) is 40.0 Å². The number of nitrogen functional groups attached to an aromatic ring is 1. The van der Waals surface area contributed by atoms with E-state index in [9.17, 15) is 14.9 Å². The van der Waals surface area contributed by atoms with Crippen molar-refractivity contribution in [2.24, 2.45) is 0 Å². The van der Waals surface area contributed by atoms with Crippen molar-refractivity contribution in [3.8, 4) is 0 Å². The molecule has 0 aliphatic rings. The predicted octanol–water partition coefficient (Wildman–Crippen LogP) is 1.27. The summed E-state index contributed by atoms with van der Waals surface area (Å²) in [5.41, 5.74) is 5.59. The van der Waals surface area contributed by atoms with Crippen molar-refractivity contribution in [2.45, 2.75) is 0 Å². The molecule has 6 nitrogen and oxygen atoms in total. The molecule has 0 saturated heterocycles. The molecule has 1 aromatic carbocycles. The molecule has 3 N–H and O–H groups in total. The van der Waals surface area contributed by atoms with Crippen LogP contribution in [0, 0.1) is 10.1 Å². The molecular formula is C9H8N2O4. The maximum absolute atomic E-state index is 10.5. The maximum Gasteiger partial charge on any atom is 0.328 e. The van der Waals surface area contributed by atoms with Gasteiger partial charge in [-0.15, -0.1) is 0 Å². The van der Waals surface area contributed by atoms with Gasteiger partial charge < -0.3 is 10.8 Å². The zero-order chi connectivity index (χ0) is 11.4. The zero-order valence-electron chi connectivity index (χ0n) is 7.58. The van der Waals surface area contributed by atoms with Gasteiger partial charge in [0, 0.05) is 12.1 Å². The average molecular weight is 208 g/mol. The lowest BCUT2D eigenvalue weighted by Crippen LogP contribution is -1.95. The summed E-state index contributed by atoms with van der Waals surface area (Å²) in [6, 6.07) is 4.08. The Bertz CT molecular complexity index is 440. The maximum atomic E-state index is 10.5. The van der Waals surface area contributed by atoms with Crippen LogP contribution in [0.5, 0.6) is 0 Å². The number of carboxylic acids is 1. The second-order valence-corrected chi connectivity index (χ2v) is 2.75. The fourth-order valence-electron chi connectivity index (χ4n) is 0.990. The van der Waals surface area contributed by atoms with Gasteiger partial charge in [0.05, 0.1) is 4.92 Å². The minimum Gasteiger partial charge on any atom is -0.478 e. The largest absolute Gasteiger partial charge is 0.478 e. The number of hydrogen-bond acceptors (Lipinski definition) is 4. The number of nitro benzene ring substituents is 1. The molecule has 0 radical (unpaired) electrons. The summed E-state index contributed by atoms with van der Waals surface area (Å²) in [7, 11) is 0. The van der Waals surface area contributed by atoms with E-state index < -0.39 is 10.9 Å². The lowest BCUT2D eigenvalue weighted by atomic mass is 10.1. The Morgan fingerprint density at radius 3 is 2.73 bits per heavy atom. The highest BCUT2D eigenvalue weighted by molar-refractivity contribution is 5.85. The molecule has 0 spiro atoms. The molecule has 0 aliphatic carbocycles. The van der Waals surface area contributed by atoms with Crippen LogP contribution in [-0.4, -0.2) is 16.0 Å². The number of carboxylic acid groups (broad SMARTS) is 1. The van der Waals surface area contributed by atoms with E-state index in [1.54, 1.807) is 0 Å². The minimum atomic E-state index is -1.12. The number of aliphatic carboxylic acids is 1. The number of nitro groups is 1. The summed E-state index contributed by atoms with van der Waals surface area (Å²) < 4.78 is 0. The summed E-state index contributed by atoms with van der Waals surface area (Å²) in [4.78, 5) is 20.1.